The number of amides is 1. The van der Waals surface area contributed by atoms with Gasteiger partial charge >= 0.3 is 0 Å². The van der Waals surface area contributed by atoms with E-state index in [1.54, 1.807) is 43.3 Å². The normalized spacial score (nSPS) is 11.5. The van der Waals surface area contributed by atoms with Crippen LogP contribution in [0.25, 0.3) is 0 Å². The summed E-state index contributed by atoms with van der Waals surface area (Å²) < 4.78 is 58.6. The Morgan fingerprint density at radius 3 is 2.03 bits per heavy atom. The molecular formula is C24H27N3O6S2. The van der Waals surface area contributed by atoms with Crippen molar-refractivity contribution in [1.29, 1.82) is 0 Å². The van der Waals surface area contributed by atoms with Crippen LogP contribution in [0.1, 0.15) is 11.1 Å². The van der Waals surface area contributed by atoms with E-state index in [-0.39, 0.29) is 4.90 Å². The molecule has 11 heteroatoms. The third kappa shape index (κ3) is 6.74. The summed E-state index contributed by atoms with van der Waals surface area (Å²) in [5, 5.41) is 2.61. The van der Waals surface area contributed by atoms with E-state index in [9.17, 15) is 21.6 Å². The van der Waals surface area contributed by atoms with Crippen LogP contribution in [0.5, 0.6) is 5.75 Å². The quantitative estimate of drug-likeness (QED) is 0.448. The number of carbonyl (C=O) groups is 1. The molecule has 0 atom stereocenters. The smallest absolute Gasteiger partial charge is 0.261 e. The molecule has 0 saturated carbocycles. The number of ether oxygens (including phenoxy) is 1. The van der Waals surface area contributed by atoms with Crippen LogP contribution >= 0.6 is 0 Å². The molecule has 0 unspecified atom stereocenters. The van der Waals surface area contributed by atoms with Gasteiger partial charge in [0.15, 0.2) is 0 Å². The van der Waals surface area contributed by atoms with Gasteiger partial charge in [0.25, 0.3) is 10.0 Å². The fourth-order valence-corrected chi connectivity index (χ4v) is 5.36. The zero-order chi connectivity index (χ0) is 25.8. The minimum Gasteiger partial charge on any atom is -0.497 e. The van der Waals surface area contributed by atoms with Gasteiger partial charge in [0.2, 0.25) is 15.9 Å². The van der Waals surface area contributed by atoms with E-state index in [0.29, 0.717) is 22.8 Å². The maximum absolute atomic E-state index is 12.7. The van der Waals surface area contributed by atoms with Gasteiger partial charge in [-0.1, -0.05) is 17.7 Å². The third-order valence-electron chi connectivity index (χ3n) is 5.10. The first kappa shape index (κ1) is 26.0. The van der Waals surface area contributed by atoms with Crippen LogP contribution in [0, 0.1) is 13.8 Å². The maximum atomic E-state index is 12.7. The fraction of sp³-hybridized carbons (Fsp3) is 0.208. The van der Waals surface area contributed by atoms with Crippen LogP contribution in [0.4, 0.5) is 17.1 Å². The maximum Gasteiger partial charge on any atom is 0.261 e. The number of anilines is 3. The highest BCUT2D eigenvalue weighted by Gasteiger charge is 2.22. The highest BCUT2D eigenvalue weighted by molar-refractivity contribution is 7.92. The molecule has 186 valence electrons. The Balaban J connectivity index is 1.71. The van der Waals surface area contributed by atoms with Crippen LogP contribution in [0.2, 0.25) is 0 Å². The van der Waals surface area contributed by atoms with Gasteiger partial charge in [0, 0.05) is 11.4 Å². The van der Waals surface area contributed by atoms with Crippen LogP contribution in [-0.4, -0.2) is 42.7 Å². The predicted molar refractivity (Wildman–Crippen MR) is 137 cm³/mol. The number of nitrogens with zero attached hydrogens (tertiary/aromatic N) is 1. The molecule has 0 bridgehead atoms. The van der Waals surface area contributed by atoms with Crippen molar-refractivity contribution in [2.45, 2.75) is 18.7 Å². The largest absolute Gasteiger partial charge is 0.497 e. The Labute approximate surface area is 205 Å². The average molecular weight is 518 g/mol. The van der Waals surface area contributed by atoms with Gasteiger partial charge in [-0.25, -0.2) is 16.8 Å². The molecule has 0 aliphatic rings. The summed E-state index contributed by atoms with van der Waals surface area (Å²) in [6, 6.07) is 17.3. The van der Waals surface area contributed by atoms with E-state index in [0.717, 1.165) is 21.7 Å². The van der Waals surface area contributed by atoms with Gasteiger partial charge in [-0.15, -0.1) is 0 Å². The molecule has 0 aliphatic heterocycles. The molecule has 3 rings (SSSR count). The molecule has 2 N–H and O–H groups in total. The van der Waals surface area contributed by atoms with E-state index in [2.05, 4.69) is 10.0 Å². The van der Waals surface area contributed by atoms with E-state index in [1.165, 1.54) is 31.4 Å². The topological polar surface area (TPSA) is 122 Å². The first-order valence-electron chi connectivity index (χ1n) is 10.5. The number of nitrogens with one attached hydrogen (secondary N) is 2. The summed E-state index contributed by atoms with van der Waals surface area (Å²) in [6.07, 6.45) is 1.04. The second-order valence-corrected chi connectivity index (χ2v) is 11.6. The van der Waals surface area contributed by atoms with Crippen molar-refractivity contribution in [3.05, 3.63) is 77.9 Å². The number of carbonyl (C=O) groups excluding carboxylic acids is 1. The molecular weight excluding hydrogens is 490 g/mol. The van der Waals surface area contributed by atoms with Crippen molar-refractivity contribution in [1.82, 2.24) is 0 Å². The minimum atomic E-state index is -3.85. The molecule has 0 heterocycles. The van der Waals surface area contributed by atoms with E-state index in [1.807, 2.05) is 13.0 Å². The third-order valence-corrected chi connectivity index (χ3v) is 7.62. The predicted octanol–water partition coefficient (Wildman–Crippen LogP) is 3.52. The molecule has 0 aromatic heterocycles. The molecule has 1 amide bonds. The molecule has 0 fully saturated rings. The zero-order valence-corrected chi connectivity index (χ0v) is 21.4. The molecule has 3 aromatic rings. The molecule has 0 saturated heterocycles. The van der Waals surface area contributed by atoms with Crippen molar-refractivity contribution in [3.8, 4) is 5.75 Å². The van der Waals surface area contributed by atoms with Gasteiger partial charge in [-0.3, -0.25) is 13.8 Å². The summed E-state index contributed by atoms with van der Waals surface area (Å²) in [5.74, 6) is 0.0300. The summed E-state index contributed by atoms with van der Waals surface area (Å²) in [7, 11) is -6.06. The van der Waals surface area contributed by atoms with Gasteiger partial charge < -0.3 is 10.1 Å². The van der Waals surface area contributed by atoms with Crippen LogP contribution < -0.4 is 19.1 Å². The molecule has 35 heavy (non-hydrogen) atoms. The van der Waals surface area contributed by atoms with Crippen molar-refractivity contribution >= 4 is 43.0 Å². The van der Waals surface area contributed by atoms with Gasteiger partial charge in [0.05, 0.1) is 23.9 Å². The van der Waals surface area contributed by atoms with Crippen molar-refractivity contribution in [2.75, 3.05) is 34.3 Å². The van der Waals surface area contributed by atoms with Crippen LogP contribution in [-0.2, 0) is 24.8 Å². The van der Waals surface area contributed by atoms with E-state index < -0.39 is 32.5 Å². The van der Waals surface area contributed by atoms with Gasteiger partial charge in [-0.2, -0.15) is 0 Å². The number of methoxy groups -OCH3 is 1. The Kier molecular flexibility index (Phi) is 7.71. The van der Waals surface area contributed by atoms with Gasteiger partial charge in [0.1, 0.15) is 12.3 Å². The second-order valence-electron chi connectivity index (χ2n) is 7.97. The Hall–Kier alpha value is -3.57. The van der Waals surface area contributed by atoms with Crippen LogP contribution in [0.3, 0.4) is 0 Å². The first-order valence-corrected chi connectivity index (χ1v) is 13.8. The van der Waals surface area contributed by atoms with Crippen LogP contribution in [0.15, 0.2) is 71.6 Å². The highest BCUT2D eigenvalue weighted by atomic mass is 32.2. The van der Waals surface area contributed by atoms with Crippen molar-refractivity contribution in [2.24, 2.45) is 0 Å². The lowest BCUT2D eigenvalue weighted by Gasteiger charge is -2.24. The lowest BCUT2D eigenvalue weighted by molar-refractivity contribution is -0.114. The standard InChI is InChI=1S/C24H27N3O6S2/c1-17-5-14-23(18(2)15-17)27(34(4,29)30)16-24(28)25-19-8-12-22(13-9-19)35(31,32)26-20-6-10-21(33-3)11-7-20/h5-15,26H,16H2,1-4H3,(H,25,28). The SMILES string of the molecule is COc1ccc(NS(=O)(=O)c2ccc(NC(=O)CN(c3ccc(C)cc3C)S(C)(=O)=O)cc2)cc1. The second kappa shape index (κ2) is 10.4. The summed E-state index contributed by atoms with van der Waals surface area (Å²) >= 11 is 0. The summed E-state index contributed by atoms with van der Waals surface area (Å²) in [5.41, 5.74) is 2.81. The molecule has 0 aliphatic carbocycles. The number of benzene rings is 3. The molecule has 3 aromatic carbocycles. The molecule has 9 nitrogen and oxygen atoms in total. The van der Waals surface area contributed by atoms with Gasteiger partial charge in [-0.05, 0) is 74.0 Å². The van der Waals surface area contributed by atoms with Crippen molar-refractivity contribution < 1.29 is 26.4 Å². The summed E-state index contributed by atoms with van der Waals surface area (Å²) in [4.78, 5) is 12.6. The lowest BCUT2D eigenvalue weighted by atomic mass is 10.1. The van der Waals surface area contributed by atoms with Crippen molar-refractivity contribution in [3.63, 3.8) is 0 Å². The number of hydrogen-bond acceptors (Lipinski definition) is 6. The summed E-state index contributed by atoms with van der Waals surface area (Å²) in [6.45, 7) is 3.24. The lowest BCUT2D eigenvalue weighted by Crippen LogP contribution is -2.37. The number of hydrogen-bond donors (Lipinski definition) is 2. The fourth-order valence-electron chi connectivity index (χ4n) is 3.39. The van der Waals surface area contributed by atoms with E-state index >= 15 is 0 Å². The first-order chi connectivity index (χ1) is 16.4. The zero-order valence-electron chi connectivity index (χ0n) is 19.8. The Bertz CT molecular complexity index is 1420. The number of aryl methyl sites for hydroxylation is 2. The Morgan fingerprint density at radius 1 is 0.886 bits per heavy atom. The average Bonchev–Trinajstić information content (AvgIpc) is 2.78. The Morgan fingerprint density at radius 2 is 1.49 bits per heavy atom. The number of sulfonamides is 2. The highest BCUT2D eigenvalue weighted by Crippen LogP contribution is 2.24. The number of rotatable bonds is 9. The molecule has 0 radical (unpaired) electrons. The van der Waals surface area contributed by atoms with E-state index in [4.69, 9.17) is 4.74 Å². The monoisotopic (exact) mass is 517 g/mol. The minimum absolute atomic E-state index is 0.000593. The molecule has 0 spiro atoms.